The molecule has 0 aromatic carbocycles. The van der Waals surface area contributed by atoms with Gasteiger partial charge in [0.05, 0.1) is 12.3 Å². The van der Waals surface area contributed by atoms with Crippen molar-refractivity contribution in [1.82, 2.24) is 14.5 Å². The number of hydrogen-bond acceptors (Lipinski definition) is 4. The number of aryl methyl sites for hydroxylation is 2. The van der Waals surface area contributed by atoms with Crippen molar-refractivity contribution in [3.8, 4) is 5.75 Å². The van der Waals surface area contributed by atoms with Gasteiger partial charge in [0.25, 0.3) is 0 Å². The van der Waals surface area contributed by atoms with Gasteiger partial charge in [-0.1, -0.05) is 0 Å². The van der Waals surface area contributed by atoms with Crippen LogP contribution in [0.5, 0.6) is 5.75 Å². The highest BCUT2D eigenvalue weighted by Gasteiger charge is 2.06. The Morgan fingerprint density at radius 1 is 1.32 bits per heavy atom. The smallest absolute Gasteiger partial charge is 0.140 e. The topological polar surface area (TPSA) is 66.0 Å². The van der Waals surface area contributed by atoms with Crippen LogP contribution in [0, 0.1) is 6.92 Å². The Kier molecular flexibility index (Phi) is 4.52. The van der Waals surface area contributed by atoms with Gasteiger partial charge in [-0.2, -0.15) is 0 Å². The summed E-state index contributed by atoms with van der Waals surface area (Å²) in [6, 6.07) is 3.92. The van der Waals surface area contributed by atoms with Gasteiger partial charge < -0.3 is 15.0 Å². The molecule has 0 fully saturated rings. The van der Waals surface area contributed by atoms with Crippen molar-refractivity contribution in [2.45, 2.75) is 19.8 Å². The molecule has 5 heteroatoms. The third-order valence-electron chi connectivity index (χ3n) is 2.96. The van der Waals surface area contributed by atoms with E-state index < -0.39 is 0 Å². The molecule has 0 atom stereocenters. The van der Waals surface area contributed by atoms with Crippen LogP contribution in [0.2, 0.25) is 0 Å². The van der Waals surface area contributed by atoms with Crippen molar-refractivity contribution in [1.29, 1.82) is 0 Å². The lowest BCUT2D eigenvalue weighted by atomic mass is 10.2. The molecule has 0 bridgehead atoms. The maximum atomic E-state index is 5.80. The predicted molar refractivity (Wildman–Crippen MR) is 74.1 cm³/mol. The normalized spacial score (nSPS) is 10.7. The zero-order valence-corrected chi connectivity index (χ0v) is 11.5. The van der Waals surface area contributed by atoms with Crippen LogP contribution in [0.25, 0.3) is 0 Å². The van der Waals surface area contributed by atoms with Crippen LogP contribution in [0.1, 0.15) is 17.2 Å². The van der Waals surface area contributed by atoms with E-state index >= 15 is 0 Å². The van der Waals surface area contributed by atoms with Crippen LogP contribution in [-0.2, 0) is 19.9 Å². The average molecular weight is 260 g/mol. The first-order valence-electron chi connectivity index (χ1n) is 6.46. The van der Waals surface area contributed by atoms with Gasteiger partial charge in [0.1, 0.15) is 11.6 Å². The standard InChI is InChI=1S/C14H20N4O/c1-11-3-4-13(12(17-11)5-7-15)19-10-6-14-16-8-9-18(14)2/h3-4,8-9H,5-7,10,15H2,1-2H3. The lowest BCUT2D eigenvalue weighted by Gasteiger charge is -2.11. The highest BCUT2D eigenvalue weighted by Crippen LogP contribution is 2.17. The highest BCUT2D eigenvalue weighted by molar-refractivity contribution is 5.29. The van der Waals surface area contributed by atoms with E-state index in [0.717, 1.165) is 35.8 Å². The summed E-state index contributed by atoms with van der Waals surface area (Å²) in [7, 11) is 1.98. The number of aromatic nitrogens is 3. The van der Waals surface area contributed by atoms with Crippen LogP contribution in [-0.4, -0.2) is 27.7 Å². The zero-order valence-electron chi connectivity index (χ0n) is 11.5. The third-order valence-corrected chi connectivity index (χ3v) is 2.96. The first-order valence-corrected chi connectivity index (χ1v) is 6.46. The molecular weight excluding hydrogens is 240 g/mol. The number of hydrogen-bond donors (Lipinski definition) is 1. The fraction of sp³-hybridized carbons (Fsp3) is 0.429. The molecule has 2 rings (SSSR count). The molecule has 0 saturated heterocycles. The number of pyridine rings is 1. The van der Waals surface area contributed by atoms with Gasteiger partial charge in [-0.15, -0.1) is 0 Å². The summed E-state index contributed by atoms with van der Waals surface area (Å²) < 4.78 is 7.80. The van der Waals surface area contributed by atoms with Crippen molar-refractivity contribution in [2.75, 3.05) is 13.2 Å². The third kappa shape index (κ3) is 3.54. The van der Waals surface area contributed by atoms with Crippen LogP contribution in [0.4, 0.5) is 0 Å². The lowest BCUT2D eigenvalue weighted by molar-refractivity contribution is 0.312. The minimum atomic E-state index is 0.576. The quantitative estimate of drug-likeness (QED) is 0.848. The number of ether oxygens (including phenoxy) is 1. The van der Waals surface area contributed by atoms with Crippen molar-refractivity contribution in [3.63, 3.8) is 0 Å². The van der Waals surface area contributed by atoms with Gasteiger partial charge in [0.15, 0.2) is 0 Å². The fourth-order valence-corrected chi connectivity index (χ4v) is 1.93. The van der Waals surface area contributed by atoms with Crippen molar-refractivity contribution < 1.29 is 4.74 Å². The monoisotopic (exact) mass is 260 g/mol. The first-order chi connectivity index (χ1) is 9.20. The SMILES string of the molecule is Cc1ccc(OCCc2nccn2C)c(CCN)n1. The summed E-state index contributed by atoms with van der Waals surface area (Å²) in [6.45, 7) is 3.14. The van der Waals surface area contributed by atoms with E-state index in [2.05, 4.69) is 9.97 Å². The second kappa shape index (κ2) is 6.33. The van der Waals surface area contributed by atoms with Gasteiger partial charge in [-0.3, -0.25) is 4.98 Å². The summed E-state index contributed by atoms with van der Waals surface area (Å²) in [5, 5.41) is 0. The Morgan fingerprint density at radius 3 is 2.84 bits per heavy atom. The molecule has 19 heavy (non-hydrogen) atoms. The Bertz CT molecular complexity index is 536. The Balaban J connectivity index is 1.97. The van der Waals surface area contributed by atoms with Gasteiger partial charge in [-0.25, -0.2) is 4.98 Å². The summed E-state index contributed by atoms with van der Waals surface area (Å²) in [5.41, 5.74) is 7.52. The number of rotatable bonds is 6. The van der Waals surface area contributed by atoms with Gasteiger partial charge in [-0.05, 0) is 25.6 Å². The molecule has 5 nitrogen and oxygen atoms in total. The van der Waals surface area contributed by atoms with Crippen LogP contribution in [0.3, 0.4) is 0 Å². The van der Waals surface area contributed by atoms with Crippen LogP contribution < -0.4 is 10.5 Å². The number of nitrogens with zero attached hydrogens (tertiary/aromatic N) is 3. The molecule has 0 spiro atoms. The summed E-state index contributed by atoms with van der Waals surface area (Å²) in [4.78, 5) is 8.74. The molecule has 2 aromatic rings. The lowest BCUT2D eigenvalue weighted by Crippen LogP contribution is -2.10. The second-order valence-corrected chi connectivity index (χ2v) is 4.49. The number of imidazole rings is 1. The van der Waals surface area contributed by atoms with Crippen LogP contribution in [0.15, 0.2) is 24.5 Å². The fourth-order valence-electron chi connectivity index (χ4n) is 1.93. The van der Waals surface area contributed by atoms with Gasteiger partial charge in [0, 0.05) is 38.0 Å². The largest absolute Gasteiger partial charge is 0.491 e. The zero-order chi connectivity index (χ0) is 13.7. The molecule has 2 aromatic heterocycles. The van der Waals surface area contributed by atoms with E-state index in [1.807, 2.05) is 36.9 Å². The molecule has 2 N–H and O–H groups in total. The Labute approximate surface area is 113 Å². The van der Waals surface area contributed by atoms with E-state index in [0.29, 0.717) is 13.2 Å². The Morgan fingerprint density at radius 2 is 2.16 bits per heavy atom. The maximum Gasteiger partial charge on any atom is 0.140 e. The molecular formula is C14H20N4O. The molecule has 0 saturated carbocycles. The van der Waals surface area contributed by atoms with Gasteiger partial charge >= 0.3 is 0 Å². The molecule has 0 aliphatic carbocycles. The summed E-state index contributed by atoms with van der Waals surface area (Å²) in [5.74, 6) is 1.84. The maximum absolute atomic E-state index is 5.80. The highest BCUT2D eigenvalue weighted by atomic mass is 16.5. The van der Waals surface area contributed by atoms with E-state index in [1.54, 1.807) is 6.20 Å². The predicted octanol–water partition coefficient (Wildman–Crippen LogP) is 1.25. The first kappa shape index (κ1) is 13.5. The van der Waals surface area contributed by atoms with Gasteiger partial charge in [0.2, 0.25) is 0 Å². The van der Waals surface area contributed by atoms with E-state index in [4.69, 9.17) is 10.5 Å². The Hall–Kier alpha value is -1.88. The minimum Gasteiger partial charge on any atom is -0.491 e. The summed E-state index contributed by atoms with van der Waals surface area (Å²) in [6.07, 6.45) is 5.24. The summed E-state index contributed by atoms with van der Waals surface area (Å²) >= 11 is 0. The molecule has 0 unspecified atom stereocenters. The van der Waals surface area contributed by atoms with Crippen molar-refractivity contribution >= 4 is 0 Å². The van der Waals surface area contributed by atoms with Crippen LogP contribution >= 0.6 is 0 Å². The molecule has 2 heterocycles. The molecule has 0 amide bonds. The number of nitrogens with two attached hydrogens (primary N) is 1. The van der Waals surface area contributed by atoms with E-state index in [1.165, 1.54) is 0 Å². The second-order valence-electron chi connectivity index (χ2n) is 4.49. The average Bonchev–Trinajstić information content (AvgIpc) is 2.78. The van der Waals surface area contributed by atoms with Crippen molar-refractivity contribution in [3.05, 3.63) is 41.7 Å². The molecule has 0 aliphatic rings. The molecule has 0 aliphatic heterocycles. The molecule has 0 radical (unpaired) electrons. The van der Waals surface area contributed by atoms with Crippen molar-refractivity contribution in [2.24, 2.45) is 12.8 Å². The molecule has 102 valence electrons. The van der Waals surface area contributed by atoms with E-state index in [9.17, 15) is 0 Å². The van der Waals surface area contributed by atoms with E-state index in [-0.39, 0.29) is 0 Å². The minimum absolute atomic E-state index is 0.576.